The Morgan fingerprint density at radius 2 is 1.45 bits per heavy atom. The van der Waals surface area contributed by atoms with E-state index in [4.69, 9.17) is 15.3 Å². The summed E-state index contributed by atoms with van der Waals surface area (Å²) in [7, 11) is 0. The van der Waals surface area contributed by atoms with Crippen LogP contribution in [0.2, 0.25) is 0 Å². The zero-order valence-electron chi connectivity index (χ0n) is 11.7. The lowest BCUT2D eigenvalue weighted by atomic mass is 10.1. The van der Waals surface area contributed by atoms with Crippen LogP contribution in [0, 0.1) is 0 Å². The molecule has 0 radical (unpaired) electrons. The average molecular weight is 322 g/mol. The molecular weight excluding hydrogens is 304 g/mol. The average Bonchev–Trinajstić information content (AvgIpc) is 2.31. The Balaban J connectivity index is 0. The summed E-state index contributed by atoms with van der Waals surface area (Å²) in [6, 6.07) is -2.93. The van der Waals surface area contributed by atoms with Crippen LogP contribution in [0.15, 0.2) is 0 Å². The molecule has 0 heterocycles. The first-order chi connectivity index (χ1) is 9.63. The van der Waals surface area contributed by atoms with Gasteiger partial charge in [-0.15, -0.1) is 0 Å². The summed E-state index contributed by atoms with van der Waals surface area (Å²) < 4.78 is 0. The lowest BCUT2D eigenvalue weighted by molar-refractivity contribution is -0.144. The molecule has 2 atom stereocenters. The van der Waals surface area contributed by atoms with Crippen LogP contribution >= 0.6 is 0 Å². The van der Waals surface area contributed by atoms with Gasteiger partial charge in [-0.05, 0) is 6.42 Å². The third kappa shape index (κ3) is 9.25. The monoisotopic (exact) mass is 322 g/mol. The smallest absolute Gasteiger partial charge is 0.326 e. The fourth-order valence-corrected chi connectivity index (χ4v) is 1.43. The number of hydrogen-bond acceptors (Lipinski definition) is 5. The quantitative estimate of drug-likeness (QED) is 0.308. The van der Waals surface area contributed by atoms with Crippen molar-refractivity contribution >= 4 is 29.7 Å². The number of aliphatic carboxylic acids is 3. The van der Waals surface area contributed by atoms with Crippen molar-refractivity contribution in [2.24, 2.45) is 0 Å². The van der Waals surface area contributed by atoms with Crippen LogP contribution in [-0.4, -0.2) is 62.6 Å². The van der Waals surface area contributed by atoms with E-state index in [0.717, 1.165) is 6.92 Å². The van der Waals surface area contributed by atoms with Gasteiger partial charge in [-0.2, -0.15) is 0 Å². The van der Waals surface area contributed by atoms with Gasteiger partial charge in [-0.3, -0.25) is 19.2 Å². The van der Waals surface area contributed by atoms with E-state index >= 15 is 0 Å². The van der Waals surface area contributed by atoms with Gasteiger partial charge in [0.2, 0.25) is 11.8 Å². The van der Waals surface area contributed by atoms with Gasteiger partial charge in [-0.1, -0.05) is 0 Å². The predicted molar refractivity (Wildman–Crippen MR) is 69.9 cm³/mol. The van der Waals surface area contributed by atoms with E-state index in [0.29, 0.717) is 0 Å². The van der Waals surface area contributed by atoms with Gasteiger partial charge in [0, 0.05) is 13.3 Å². The summed E-state index contributed by atoms with van der Waals surface area (Å²) in [5, 5.41) is 30.1. The first-order valence-electron chi connectivity index (χ1n) is 5.87. The lowest BCUT2D eigenvalue weighted by Gasteiger charge is -2.19. The van der Waals surface area contributed by atoms with E-state index in [1.807, 2.05) is 5.32 Å². The summed E-state index contributed by atoms with van der Waals surface area (Å²) in [6.45, 7) is 1.07. The van der Waals surface area contributed by atoms with E-state index in [-0.39, 0.29) is 11.9 Å². The summed E-state index contributed by atoms with van der Waals surface area (Å²) in [5.41, 5.74) is 0. The Bertz CT molecular complexity index is 433. The minimum Gasteiger partial charge on any atom is -0.481 e. The highest BCUT2D eigenvalue weighted by Crippen LogP contribution is 2.01. The minimum atomic E-state index is -1.49. The Hall–Kier alpha value is -2.69. The van der Waals surface area contributed by atoms with Crippen LogP contribution in [0.3, 0.4) is 0 Å². The number of hydrogen-bond donors (Lipinski definition) is 5. The predicted octanol–water partition coefficient (Wildman–Crippen LogP) is -2.42. The summed E-state index contributed by atoms with van der Waals surface area (Å²) in [4.78, 5) is 54.6. The van der Waals surface area contributed by atoms with Crippen molar-refractivity contribution in [3.63, 3.8) is 0 Å². The maximum absolute atomic E-state index is 11.8. The largest absolute Gasteiger partial charge is 0.481 e. The number of carbonyl (C=O) groups excluding carboxylic acids is 2. The molecular formula is C11H18N2O9. The second kappa shape index (κ2) is 10.1. The third-order valence-electron chi connectivity index (χ3n) is 2.33. The topological polar surface area (TPSA) is 202 Å². The zero-order chi connectivity index (χ0) is 16.6. The van der Waals surface area contributed by atoms with Gasteiger partial charge >= 0.3 is 17.9 Å². The molecule has 0 aromatic carbocycles. The molecule has 0 aromatic rings. The molecule has 0 fully saturated rings. The highest BCUT2D eigenvalue weighted by Gasteiger charge is 2.27. The summed E-state index contributed by atoms with van der Waals surface area (Å²) in [5.74, 6) is -5.72. The van der Waals surface area contributed by atoms with Crippen LogP contribution in [0.25, 0.3) is 0 Å². The maximum atomic E-state index is 11.8. The van der Waals surface area contributed by atoms with Crippen LogP contribution in [0.1, 0.15) is 26.2 Å². The molecule has 0 saturated heterocycles. The van der Waals surface area contributed by atoms with E-state index in [2.05, 4.69) is 5.32 Å². The molecule has 2 unspecified atom stereocenters. The van der Waals surface area contributed by atoms with E-state index in [9.17, 15) is 24.0 Å². The number of carbonyl (C=O) groups is 5. The summed E-state index contributed by atoms with van der Waals surface area (Å²) in [6.07, 6.45) is -1.58. The van der Waals surface area contributed by atoms with Crippen molar-refractivity contribution in [3.05, 3.63) is 0 Å². The molecule has 2 amide bonds. The van der Waals surface area contributed by atoms with Gasteiger partial charge in [0.15, 0.2) is 0 Å². The van der Waals surface area contributed by atoms with Crippen LogP contribution < -0.4 is 10.6 Å². The normalized spacial score (nSPS) is 12.2. The van der Waals surface area contributed by atoms with Crippen molar-refractivity contribution in [1.29, 1.82) is 0 Å². The molecule has 0 aliphatic carbocycles. The molecule has 22 heavy (non-hydrogen) atoms. The number of amides is 2. The van der Waals surface area contributed by atoms with Crippen molar-refractivity contribution in [3.8, 4) is 0 Å². The van der Waals surface area contributed by atoms with E-state index in [1.165, 1.54) is 0 Å². The molecule has 0 aliphatic heterocycles. The van der Waals surface area contributed by atoms with Gasteiger partial charge in [-0.25, -0.2) is 4.79 Å². The fraction of sp³-hybridized carbons (Fsp3) is 0.545. The van der Waals surface area contributed by atoms with Gasteiger partial charge in [0.1, 0.15) is 12.1 Å². The number of carboxylic acid groups (broad SMARTS) is 3. The SMILES string of the molecule is CC(=O)NC(CC(=O)O)C(=O)NC(CCC(=O)O)C(=O)O.O. The van der Waals surface area contributed by atoms with E-state index in [1.54, 1.807) is 0 Å². The number of nitrogens with one attached hydrogen (secondary N) is 2. The Morgan fingerprint density at radius 1 is 0.909 bits per heavy atom. The zero-order valence-corrected chi connectivity index (χ0v) is 11.7. The van der Waals surface area contributed by atoms with Gasteiger partial charge < -0.3 is 31.4 Å². The molecule has 7 N–H and O–H groups in total. The molecule has 0 aliphatic rings. The van der Waals surface area contributed by atoms with Gasteiger partial charge in [0.05, 0.1) is 6.42 Å². The molecule has 0 aromatic heterocycles. The molecule has 0 saturated carbocycles. The molecule has 11 heteroatoms. The first-order valence-corrected chi connectivity index (χ1v) is 5.87. The van der Waals surface area contributed by atoms with Crippen LogP contribution in [0.4, 0.5) is 0 Å². The second-order valence-electron chi connectivity index (χ2n) is 4.18. The van der Waals surface area contributed by atoms with Crippen LogP contribution in [0.5, 0.6) is 0 Å². The third-order valence-corrected chi connectivity index (χ3v) is 2.33. The highest BCUT2D eigenvalue weighted by atomic mass is 16.4. The number of rotatable bonds is 9. The van der Waals surface area contributed by atoms with Gasteiger partial charge in [0.25, 0.3) is 0 Å². The maximum Gasteiger partial charge on any atom is 0.326 e. The molecule has 0 rings (SSSR count). The van der Waals surface area contributed by atoms with Crippen molar-refractivity contribution in [2.45, 2.75) is 38.3 Å². The number of carboxylic acids is 3. The lowest BCUT2D eigenvalue weighted by Crippen LogP contribution is -2.52. The van der Waals surface area contributed by atoms with Crippen molar-refractivity contribution in [1.82, 2.24) is 10.6 Å². The first kappa shape index (κ1) is 21.6. The second-order valence-corrected chi connectivity index (χ2v) is 4.18. The molecule has 0 bridgehead atoms. The Labute approximate surface area is 124 Å². The van der Waals surface area contributed by atoms with E-state index < -0.39 is 54.6 Å². The fourth-order valence-electron chi connectivity index (χ4n) is 1.43. The minimum absolute atomic E-state index is 0. The standard InChI is InChI=1S/C11H16N2O8.H2O/c1-5(14)12-7(4-9(17)18)10(19)13-6(11(20)21)2-3-8(15)16;/h6-7H,2-4H2,1H3,(H,12,14)(H,13,19)(H,15,16)(H,17,18)(H,20,21);1H2. The molecule has 0 spiro atoms. The van der Waals surface area contributed by atoms with Crippen molar-refractivity contribution in [2.75, 3.05) is 0 Å². The van der Waals surface area contributed by atoms with Crippen molar-refractivity contribution < 1.29 is 44.8 Å². The molecule has 126 valence electrons. The van der Waals surface area contributed by atoms with Crippen LogP contribution in [-0.2, 0) is 24.0 Å². The Morgan fingerprint density at radius 3 is 1.82 bits per heavy atom. The summed E-state index contributed by atoms with van der Waals surface area (Å²) >= 11 is 0. The molecule has 11 nitrogen and oxygen atoms in total. The highest BCUT2D eigenvalue weighted by molar-refractivity contribution is 5.92. The Kier molecular flexibility index (Phi) is 9.92.